The van der Waals surface area contributed by atoms with E-state index in [0.717, 1.165) is 30.8 Å². The predicted octanol–water partition coefficient (Wildman–Crippen LogP) is 4.44. The summed E-state index contributed by atoms with van der Waals surface area (Å²) < 4.78 is 6.27. The molecule has 2 aromatic carbocycles. The summed E-state index contributed by atoms with van der Waals surface area (Å²) in [5.41, 5.74) is 2.45. The Kier molecular flexibility index (Phi) is 4.44. The van der Waals surface area contributed by atoms with Crippen LogP contribution in [0.1, 0.15) is 31.7 Å². The number of ether oxygens (including phenoxy) is 1. The van der Waals surface area contributed by atoms with E-state index in [0.29, 0.717) is 0 Å². The second-order valence-electron chi connectivity index (χ2n) is 5.51. The van der Waals surface area contributed by atoms with Crippen LogP contribution in [0.5, 0.6) is 5.75 Å². The number of piperidine rings is 1. The molecule has 1 saturated heterocycles. The Labute approximate surface area is 127 Å². The minimum Gasteiger partial charge on any atom is -0.471 e. The van der Waals surface area contributed by atoms with Gasteiger partial charge in [0.25, 0.3) is 0 Å². The van der Waals surface area contributed by atoms with Crippen molar-refractivity contribution in [2.75, 3.05) is 11.4 Å². The molecule has 2 nitrogen and oxygen atoms in total. The lowest BCUT2D eigenvalue weighted by Gasteiger charge is -2.37. The van der Waals surface area contributed by atoms with Crippen LogP contribution in [0.2, 0.25) is 0 Å². The van der Waals surface area contributed by atoms with E-state index in [1.54, 1.807) is 0 Å². The number of aryl methyl sites for hydroxylation is 1. The van der Waals surface area contributed by atoms with Crippen LogP contribution >= 0.6 is 0 Å². The van der Waals surface area contributed by atoms with Gasteiger partial charge in [0.15, 0.2) is 6.23 Å². The Morgan fingerprint density at radius 2 is 2.14 bits per heavy atom. The molecule has 0 amide bonds. The largest absolute Gasteiger partial charge is 0.471 e. The van der Waals surface area contributed by atoms with E-state index in [1.165, 1.54) is 18.4 Å². The first-order valence-electron chi connectivity index (χ1n) is 7.86. The summed E-state index contributed by atoms with van der Waals surface area (Å²) in [6.07, 6.45) is 4.67. The molecule has 1 heterocycles. The molecule has 1 aliphatic heterocycles. The molecule has 1 unspecified atom stereocenters. The zero-order chi connectivity index (χ0) is 14.5. The third kappa shape index (κ3) is 3.38. The topological polar surface area (TPSA) is 12.5 Å². The van der Waals surface area contributed by atoms with Crippen molar-refractivity contribution in [3.8, 4) is 5.75 Å². The number of rotatable bonds is 4. The fourth-order valence-electron chi connectivity index (χ4n) is 2.86. The molecule has 0 N–H and O–H groups in total. The van der Waals surface area contributed by atoms with Gasteiger partial charge in [0, 0.05) is 24.7 Å². The van der Waals surface area contributed by atoms with Crippen LogP contribution in [0.15, 0.2) is 48.5 Å². The van der Waals surface area contributed by atoms with Crippen LogP contribution in [0.25, 0.3) is 0 Å². The molecule has 0 aliphatic carbocycles. The Balaban J connectivity index is 1.78. The van der Waals surface area contributed by atoms with Crippen molar-refractivity contribution in [3.63, 3.8) is 0 Å². The van der Waals surface area contributed by atoms with Crippen LogP contribution in [0.4, 0.5) is 5.69 Å². The molecule has 3 rings (SSSR count). The third-order valence-electron chi connectivity index (χ3n) is 4.03. The standard InChI is InChI=1S/C19H22NO/c1-2-16-9-8-12-18(15-16)21-19-13-6-7-14-20(19)17-10-4-3-5-11-17/h3-5,8-10,12,15,19H,2,6-7,13-14H2,1H3. The maximum absolute atomic E-state index is 6.27. The third-order valence-corrected chi connectivity index (χ3v) is 4.03. The Hall–Kier alpha value is -1.96. The van der Waals surface area contributed by atoms with E-state index in [2.05, 4.69) is 54.3 Å². The van der Waals surface area contributed by atoms with Crippen molar-refractivity contribution in [3.05, 3.63) is 60.2 Å². The smallest absolute Gasteiger partial charge is 0.172 e. The van der Waals surface area contributed by atoms with Gasteiger partial charge in [-0.1, -0.05) is 37.3 Å². The first-order valence-corrected chi connectivity index (χ1v) is 7.86. The quantitative estimate of drug-likeness (QED) is 0.820. The molecule has 2 aromatic rings. The first kappa shape index (κ1) is 14.0. The van der Waals surface area contributed by atoms with E-state index in [1.807, 2.05) is 12.1 Å². The van der Waals surface area contributed by atoms with Crippen LogP contribution in [-0.2, 0) is 6.42 Å². The Morgan fingerprint density at radius 1 is 1.19 bits per heavy atom. The van der Waals surface area contributed by atoms with Gasteiger partial charge in [-0.3, -0.25) is 0 Å². The van der Waals surface area contributed by atoms with Gasteiger partial charge in [0.05, 0.1) is 0 Å². The van der Waals surface area contributed by atoms with Crippen LogP contribution < -0.4 is 9.64 Å². The lowest BCUT2D eigenvalue weighted by Crippen LogP contribution is -2.43. The highest BCUT2D eigenvalue weighted by Crippen LogP contribution is 2.27. The fraction of sp³-hybridized carbons (Fsp3) is 0.368. The lowest BCUT2D eigenvalue weighted by atomic mass is 10.1. The molecule has 1 atom stereocenters. The normalized spacial score (nSPS) is 18.5. The maximum Gasteiger partial charge on any atom is 0.172 e. The number of hydrogen-bond donors (Lipinski definition) is 0. The molecule has 1 radical (unpaired) electrons. The molecule has 1 aliphatic rings. The molecule has 0 spiro atoms. The first-order chi connectivity index (χ1) is 10.4. The molecule has 0 aromatic heterocycles. The Morgan fingerprint density at radius 3 is 2.95 bits per heavy atom. The summed E-state index contributed by atoms with van der Waals surface area (Å²) in [5.74, 6) is 0.974. The van der Waals surface area contributed by atoms with Crippen molar-refractivity contribution in [2.45, 2.75) is 38.8 Å². The zero-order valence-electron chi connectivity index (χ0n) is 12.6. The van der Waals surface area contributed by atoms with E-state index >= 15 is 0 Å². The number of para-hydroxylation sites is 1. The maximum atomic E-state index is 6.27. The molecule has 109 valence electrons. The predicted molar refractivity (Wildman–Crippen MR) is 86.7 cm³/mol. The fourth-order valence-corrected chi connectivity index (χ4v) is 2.86. The zero-order valence-corrected chi connectivity index (χ0v) is 12.6. The summed E-state index contributed by atoms with van der Waals surface area (Å²) in [4.78, 5) is 2.34. The van der Waals surface area contributed by atoms with Crippen molar-refractivity contribution >= 4 is 5.69 Å². The second kappa shape index (κ2) is 6.66. The Bertz CT molecular complexity index is 567. The highest BCUT2D eigenvalue weighted by Gasteiger charge is 2.24. The number of anilines is 1. The summed E-state index contributed by atoms with van der Waals surface area (Å²) in [6.45, 7) is 3.21. The van der Waals surface area contributed by atoms with Crippen molar-refractivity contribution in [2.24, 2.45) is 0 Å². The lowest BCUT2D eigenvalue weighted by molar-refractivity contribution is 0.165. The average molecular weight is 280 g/mol. The van der Waals surface area contributed by atoms with Gasteiger partial charge < -0.3 is 9.64 Å². The number of hydrogen-bond acceptors (Lipinski definition) is 2. The molecule has 2 heteroatoms. The molecule has 21 heavy (non-hydrogen) atoms. The van der Waals surface area contributed by atoms with Gasteiger partial charge in [-0.05, 0) is 43.0 Å². The van der Waals surface area contributed by atoms with Crippen LogP contribution in [-0.4, -0.2) is 12.8 Å². The van der Waals surface area contributed by atoms with E-state index in [9.17, 15) is 0 Å². The molecular weight excluding hydrogens is 258 g/mol. The number of nitrogens with zero attached hydrogens (tertiary/aromatic N) is 1. The van der Waals surface area contributed by atoms with Gasteiger partial charge in [-0.15, -0.1) is 0 Å². The minimum atomic E-state index is 0.115. The average Bonchev–Trinajstić information content (AvgIpc) is 2.56. The molecule has 1 fully saturated rings. The van der Waals surface area contributed by atoms with Gasteiger partial charge in [-0.2, -0.15) is 0 Å². The highest BCUT2D eigenvalue weighted by atomic mass is 16.5. The van der Waals surface area contributed by atoms with E-state index in [4.69, 9.17) is 4.74 Å². The number of benzene rings is 2. The van der Waals surface area contributed by atoms with Gasteiger partial charge in [-0.25, -0.2) is 0 Å². The highest BCUT2D eigenvalue weighted by molar-refractivity contribution is 5.46. The molecule has 0 saturated carbocycles. The second-order valence-corrected chi connectivity index (χ2v) is 5.51. The monoisotopic (exact) mass is 280 g/mol. The minimum absolute atomic E-state index is 0.115. The summed E-state index contributed by atoms with van der Waals surface area (Å²) >= 11 is 0. The molecular formula is C19H22NO. The molecule has 0 bridgehead atoms. The summed E-state index contributed by atoms with van der Waals surface area (Å²) in [6, 6.07) is 19.9. The van der Waals surface area contributed by atoms with Crippen molar-refractivity contribution in [1.82, 2.24) is 0 Å². The van der Waals surface area contributed by atoms with Crippen molar-refractivity contribution in [1.29, 1.82) is 0 Å². The SMILES string of the molecule is CCc1cccc(OC2CCCCN2c2[c]cccc2)c1. The van der Waals surface area contributed by atoms with Gasteiger partial charge >= 0.3 is 0 Å². The van der Waals surface area contributed by atoms with Gasteiger partial charge in [0.1, 0.15) is 5.75 Å². The van der Waals surface area contributed by atoms with E-state index in [-0.39, 0.29) is 6.23 Å². The summed E-state index contributed by atoms with van der Waals surface area (Å²) in [5, 5.41) is 0. The van der Waals surface area contributed by atoms with Gasteiger partial charge in [0.2, 0.25) is 0 Å². The van der Waals surface area contributed by atoms with Crippen molar-refractivity contribution < 1.29 is 4.74 Å². The van der Waals surface area contributed by atoms with Crippen LogP contribution in [0.3, 0.4) is 0 Å². The van der Waals surface area contributed by atoms with Crippen LogP contribution in [0, 0.1) is 6.07 Å². The summed E-state index contributed by atoms with van der Waals surface area (Å²) in [7, 11) is 0. The van der Waals surface area contributed by atoms with E-state index < -0.39 is 0 Å².